The second-order valence-electron chi connectivity index (χ2n) is 11.2. The standard InChI is InChI=1S/C25H36BN3O4/c1-16-14-17(11-12-18(16)26-32-24(5,6)25(7,8)33-26)19-15-27-21(28-19)20-10-9-13-29(20)22(30)31-23(2,3)4/h11-12,14-15,20H,9-10,13H2,1-8H3,(H,27,28)/t20-/m0/s1. The van der Waals surface area contributed by atoms with Gasteiger partial charge in [-0.2, -0.15) is 0 Å². The molecule has 1 N–H and O–H groups in total. The smallest absolute Gasteiger partial charge is 0.444 e. The summed E-state index contributed by atoms with van der Waals surface area (Å²) in [4.78, 5) is 22.5. The SMILES string of the molecule is Cc1cc(-c2cnc([C@@H]3CCCN3C(=O)OC(C)(C)C)[nH]2)ccc1B1OC(C)(C)C(C)(C)O1. The minimum absolute atomic E-state index is 0.0984. The Kier molecular flexibility index (Phi) is 5.90. The van der Waals surface area contributed by atoms with Gasteiger partial charge in [0.15, 0.2) is 0 Å². The Bertz CT molecular complexity index is 1020. The lowest BCUT2D eigenvalue weighted by Gasteiger charge is -2.32. The van der Waals surface area contributed by atoms with E-state index in [9.17, 15) is 4.79 Å². The van der Waals surface area contributed by atoms with Crippen LogP contribution >= 0.6 is 0 Å². The van der Waals surface area contributed by atoms with Gasteiger partial charge in [-0.1, -0.05) is 23.8 Å². The molecule has 178 valence electrons. The Morgan fingerprint density at radius 2 is 1.88 bits per heavy atom. The van der Waals surface area contributed by atoms with Crippen molar-refractivity contribution in [2.45, 2.75) is 91.1 Å². The van der Waals surface area contributed by atoms with Gasteiger partial charge in [-0.05, 0) is 79.3 Å². The van der Waals surface area contributed by atoms with Crippen LogP contribution < -0.4 is 5.46 Å². The first-order valence-corrected chi connectivity index (χ1v) is 11.8. The molecule has 0 aliphatic carbocycles. The van der Waals surface area contributed by atoms with E-state index in [2.05, 4.69) is 62.8 Å². The van der Waals surface area contributed by atoms with Crippen LogP contribution in [0.2, 0.25) is 0 Å². The fourth-order valence-corrected chi connectivity index (χ4v) is 4.32. The normalized spacial score (nSPS) is 22.1. The van der Waals surface area contributed by atoms with E-state index in [1.165, 1.54) is 0 Å². The summed E-state index contributed by atoms with van der Waals surface area (Å²) >= 11 is 0. The largest absolute Gasteiger partial charge is 0.495 e. The van der Waals surface area contributed by atoms with Crippen LogP contribution in [0.1, 0.15) is 78.7 Å². The molecule has 2 aromatic rings. The maximum Gasteiger partial charge on any atom is 0.495 e. The molecule has 1 aromatic carbocycles. The van der Waals surface area contributed by atoms with Gasteiger partial charge < -0.3 is 19.0 Å². The number of carbonyl (C=O) groups is 1. The summed E-state index contributed by atoms with van der Waals surface area (Å²) in [5.74, 6) is 0.793. The molecule has 7 nitrogen and oxygen atoms in total. The van der Waals surface area contributed by atoms with Crippen LogP contribution in [-0.4, -0.2) is 51.4 Å². The summed E-state index contributed by atoms with van der Waals surface area (Å²) in [5.41, 5.74) is 2.82. The van der Waals surface area contributed by atoms with Crippen LogP contribution in [0, 0.1) is 6.92 Å². The number of carbonyl (C=O) groups excluding carboxylic acids is 1. The number of imidazole rings is 1. The number of nitrogens with one attached hydrogen (secondary N) is 1. The molecule has 1 aromatic heterocycles. The van der Waals surface area contributed by atoms with Gasteiger partial charge in [0.25, 0.3) is 0 Å². The molecule has 2 saturated heterocycles. The van der Waals surface area contributed by atoms with Crippen LogP contribution in [0.15, 0.2) is 24.4 Å². The third-order valence-corrected chi connectivity index (χ3v) is 6.88. The van der Waals surface area contributed by atoms with E-state index in [1.807, 2.05) is 27.0 Å². The highest BCUT2D eigenvalue weighted by Crippen LogP contribution is 2.37. The van der Waals surface area contributed by atoms with Crippen molar-refractivity contribution in [1.82, 2.24) is 14.9 Å². The highest BCUT2D eigenvalue weighted by molar-refractivity contribution is 6.62. The first-order chi connectivity index (χ1) is 15.3. The van der Waals surface area contributed by atoms with E-state index in [-0.39, 0.29) is 30.5 Å². The molecule has 2 fully saturated rings. The number of hydrogen-bond acceptors (Lipinski definition) is 5. The maximum atomic E-state index is 12.7. The minimum atomic E-state index is -0.519. The summed E-state index contributed by atoms with van der Waals surface area (Å²) < 4.78 is 18.0. The molecule has 4 rings (SSSR count). The van der Waals surface area contributed by atoms with E-state index in [0.717, 1.165) is 40.9 Å². The van der Waals surface area contributed by atoms with E-state index >= 15 is 0 Å². The lowest BCUT2D eigenvalue weighted by Crippen LogP contribution is -2.41. The lowest BCUT2D eigenvalue weighted by atomic mass is 9.75. The maximum absolute atomic E-state index is 12.7. The number of aryl methyl sites for hydroxylation is 1. The van der Waals surface area contributed by atoms with Crippen molar-refractivity contribution in [2.75, 3.05) is 6.54 Å². The predicted octanol–water partition coefficient (Wildman–Crippen LogP) is 4.76. The van der Waals surface area contributed by atoms with Gasteiger partial charge in [-0.3, -0.25) is 4.90 Å². The fraction of sp³-hybridized carbons (Fsp3) is 0.600. The number of rotatable bonds is 3. The second kappa shape index (κ2) is 8.17. The summed E-state index contributed by atoms with van der Waals surface area (Å²) in [6, 6.07) is 6.15. The molecular weight excluding hydrogens is 417 g/mol. The monoisotopic (exact) mass is 453 g/mol. The van der Waals surface area contributed by atoms with Crippen LogP contribution in [0.25, 0.3) is 11.3 Å². The Hall–Kier alpha value is -2.32. The molecule has 33 heavy (non-hydrogen) atoms. The van der Waals surface area contributed by atoms with Gasteiger partial charge in [0, 0.05) is 6.54 Å². The van der Waals surface area contributed by atoms with Crippen LogP contribution in [-0.2, 0) is 14.0 Å². The van der Waals surface area contributed by atoms with Gasteiger partial charge in [-0.15, -0.1) is 0 Å². The predicted molar refractivity (Wildman–Crippen MR) is 129 cm³/mol. The first-order valence-electron chi connectivity index (χ1n) is 11.8. The number of H-pyrrole nitrogens is 1. The van der Waals surface area contributed by atoms with Crippen LogP contribution in [0.5, 0.6) is 0 Å². The molecule has 8 heteroatoms. The minimum Gasteiger partial charge on any atom is -0.444 e. The van der Waals surface area contributed by atoms with Crippen molar-refractivity contribution in [3.05, 3.63) is 35.8 Å². The molecule has 0 bridgehead atoms. The fourth-order valence-electron chi connectivity index (χ4n) is 4.32. The third kappa shape index (κ3) is 4.69. The van der Waals surface area contributed by atoms with Gasteiger partial charge in [0.05, 0.1) is 29.1 Å². The first kappa shape index (κ1) is 23.8. The average molecular weight is 453 g/mol. The molecule has 0 radical (unpaired) electrons. The number of hydrogen-bond donors (Lipinski definition) is 1. The van der Waals surface area contributed by atoms with Crippen LogP contribution in [0.3, 0.4) is 0 Å². The molecule has 1 amide bonds. The topological polar surface area (TPSA) is 76.7 Å². The quantitative estimate of drug-likeness (QED) is 0.679. The number of amides is 1. The number of likely N-dealkylation sites (tertiary alicyclic amines) is 1. The van der Waals surface area contributed by atoms with Gasteiger partial charge in [0.2, 0.25) is 0 Å². The van der Waals surface area contributed by atoms with E-state index in [4.69, 9.17) is 14.0 Å². The zero-order valence-electron chi connectivity index (χ0n) is 21.1. The molecule has 3 heterocycles. The van der Waals surface area contributed by atoms with Crippen molar-refractivity contribution in [2.24, 2.45) is 0 Å². The van der Waals surface area contributed by atoms with E-state index in [1.54, 1.807) is 4.90 Å². The number of benzene rings is 1. The van der Waals surface area contributed by atoms with Crippen LogP contribution in [0.4, 0.5) is 4.79 Å². The number of nitrogens with zero attached hydrogens (tertiary/aromatic N) is 2. The number of aromatic nitrogens is 2. The van der Waals surface area contributed by atoms with Crippen molar-refractivity contribution in [3.63, 3.8) is 0 Å². The lowest BCUT2D eigenvalue weighted by molar-refractivity contribution is 0.00578. The zero-order valence-corrected chi connectivity index (χ0v) is 21.1. The summed E-state index contributed by atoms with van der Waals surface area (Å²) in [6.45, 7) is 16.7. The Labute approximate surface area is 197 Å². The van der Waals surface area contributed by atoms with E-state index in [0.29, 0.717) is 6.54 Å². The molecule has 0 spiro atoms. The molecule has 0 unspecified atom stereocenters. The van der Waals surface area contributed by atoms with Gasteiger partial charge in [-0.25, -0.2) is 9.78 Å². The molecular formula is C25H36BN3O4. The summed E-state index contributed by atoms with van der Waals surface area (Å²) in [7, 11) is -0.387. The van der Waals surface area contributed by atoms with Gasteiger partial charge >= 0.3 is 13.2 Å². The van der Waals surface area contributed by atoms with E-state index < -0.39 is 5.60 Å². The summed E-state index contributed by atoms with van der Waals surface area (Å²) in [5, 5.41) is 0. The highest BCUT2D eigenvalue weighted by Gasteiger charge is 2.52. The Morgan fingerprint density at radius 1 is 1.21 bits per heavy atom. The van der Waals surface area contributed by atoms with Crippen molar-refractivity contribution in [1.29, 1.82) is 0 Å². The average Bonchev–Trinajstić information content (AvgIpc) is 3.38. The number of ether oxygens (including phenoxy) is 1. The van der Waals surface area contributed by atoms with Crippen molar-refractivity contribution >= 4 is 18.7 Å². The molecule has 0 saturated carbocycles. The zero-order chi connectivity index (χ0) is 24.2. The third-order valence-electron chi connectivity index (χ3n) is 6.88. The highest BCUT2D eigenvalue weighted by atomic mass is 16.7. The number of aromatic amines is 1. The Morgan fingerprint density at radius 3 is 2.48 bits per heavy atom. The van der Waals surface area contributed by atoms with Crippen molar-refractivity contribution in [3.8, 4) is 11.3 Å². The van der Waals surface area contributed by atoms with Crippen molar-refractivity contribution < 1.29 is 18.8 Å². The summed E-state index contributed by atoms with van der Waals surface area (Å²) in [6.07, 6.45) is 3.35. The molecule has 2 aliphatic heterocycles. The van der Waals surface area contributed by atoms with Gasteiger partial charge in [0.1, 0.15) is 11.4 Å². The second-order valence-corrected chi connectivity index (χ2v) is 11.2. The Balaban J connectivity index is 1.52. The molecule has 2 aliphatic rings. The molecule has 1 atom stereocenters.